The quantitative estimate of drug-likeness (QED) is 0.688. The zero-order chi connectivity index (χ0) is 17.6. The van der Waals surface area contributed by atoms with Crippen LogP contribution in [-0.4, -0.2) is 29.3 Å². The van der Waals surface area contributed by atoms with E-state index in [-0.39, 0.29) is 6.10 Å². The highest BCUT2D eigenvalue weighted by Crippen LogP contribution is 2.21. The van der Waals surface area contributed by atoms with Crippen LogP contribution in [0.1, 0.15) is 18.4 Å². The molecule has 0 aliphatic carbocycles. The van der Waals surface area contributed by atoms with E-state index < -0.39 is 0 Å². The second kappa shape index (κ2) is 8.86. The first-order valence-electron chi connectivity index (χ1n) is 8.28. The number of ether oxygens (including phenoxy) is 1. The van der Waals surface area contributed by atoms with Crippen LogP contribution in [0.5, 0.6) is 0 Å². The lowest BCUT2D eigenvalue weighted by Crippen LogP contribution is -2.39. The number of nitrogens with one attached hydrogen (secondary N) is 1. The second-order valence-corrected chi connectivity index (χ2v) is 7.27. The zero-order valence-corrected chi connectivity index (χ0v) is 16.1. The summed E-state index contributed by atoms with van der Waals surface area (Å²) in [6.07, 6.45) is 2.36. The molecule has 0 radical (unpaired) electrons. The van der Waals surface area contributed by atoms with Gasteiger partial charge < -0.3 is 15.0 Å². The van der Waals surface area contributed by atoms with Crippen LogP contribution >= 0.6 is 35.4 Å². The van der Waals surface area contributed by atoms with Crippen molar-refractivity contribution in [3.8, 4) is 0 Å². The van der Waals surface area contributed by atoms with E-state index in [1.54, 1.807) is 0 Å². The molecule has 2 aromatic carbocycles. The Kier molecular flexibility index (Phi) is 6.54. The first-order chi connectivity index (χ1) is 12.1. The first-order valence-corrected chi connectivity index (χ1v) is 9.45. The van der Waals surface area contributed by atoms with Crippen molar-refractivity contribution in [3.63, 3.8) is 0 Å². The van der Waals surface area contributed by atoms with Crippen molar-refractivity contribution in [1.29, 1.82) is 0 Å². The molecule has 3 nitrogen and oxygen atoms in total. The Labute approximate surface area is 163 Å². The number of hydrogen-bond donors (Lipinski definition) is 1. The van der Waals surface area contributed by atoms with Crippen LogP contribution < -0.4 is 5.32 Å². The van der Waals surface area contributed by atoms with Crippen molar-refractivity contribution in [1.82, 2.24) is 4.90 Å². The molecule has 132 valence electrons. The molecule has 1 atom stereocenters. The van der Waals surface area contributed by atoms with Crippen LogP contribution in [-0.2, 0) is 11.3 Å². The number of nitrogens with zero attached hydrogens (tertiary/aromatic N) is 1. The highest BCUT2D eigenvalue weighted by molar-refractivity contribution is 7.80. The van der Waals surface area contributed by atoms with Crippen LogP contribution in [0.2, 0.25) is 10.0 Å². The zero-order valence-electron chi connectivity index (χ0n) is 13.8. The van der Waals surface area contributed by atoms with E-state index in [2.05, 4.69) is 10.2 Å². The molecule has 1 aliphatic rings. The first kappa shape index (κ1) is 18.5. The summed E-state index contributed by atoms with van der Waals surface area (Å²) < 4.78 is 5.79. The normalized spacial score (nSPS) is 16.6. The molecule has 0 aromatic heterocycles. The van der Waals surface area contributed by atoms with Gasteiger partial charge in [-0.1, -0.05) is 41.4 Å². The van der Waals surface area contributed by atoms with Gasteiger partial charge in [0.2, 0.25) is 0 Å². The molecule has 1 aliphatic heterocycles. The predicted octanol–water partition coefficient (Wildman–Crippen LogP) is 5.37. The third-order valence-electron chi connectivity index (χ3n) is 4.15. The Morgan fingerprint density at radius 2 is 1.92 bits per heavy atom. The summed E-state index contributed by atoms with van der Waals surface area (Å²) in [5.74, 6) is 0. The van der Waals surface area contributed by atoms with Gasteiger partial charge >= 0.3 is 0 Å². The summed E-state index contributed by atoms with van der Waals surface area (Å²) >= 11 is 17.9. The minimum Gasteiger partial charge on any atom is -0.376 e. The van der Waals surface area contributed by atoms with Crippen molar-refractivity contribution in [3.05, 3.63) is 64.1 Å². The van der Waals surface area contributed by atoms with Gasteiger partial charge in [-0.3, -0.25) is 0 Å². The fourth-order valence-corrected chi connectivity index (χ4v) is 3.40. The van der Waals surface area contributed by atoms with E-state index >= 15 is 0 Å². The fraction of sp³-hybridized carbons (Fsp3) is 0.316. The second-order valence-electron chi connectivity index (χ2n) is 6.04. The molecule has 1 unspecified atom stereocenters. The standard InChI is InChI=1S/C19H20Cl2N2OS/c20-15-7-9-16(10-8-15)22-19(25)23(13-17-5-3-11-24-17)12-14-4-1-2-6-18(14)21/h1-2,4,6-10,17H,3,5,11-13H2,(H,22,25). The van der Waals surface area contributed by atoms with E-state index in [0.29, 0.717) is 16.7 Å². The molecule has 0 bridgehead atoms. The molecule has 2 aromatic rings. The number of halogens is 2. The molecule has 0 amide bonds. The van der Waals surface area contributed by atoms with Gasteiger partial charge in [0, 0.05) is 35.4 Å². The Bertz CT molecular complexity index is 718. The van der Waals surface area contributed by atoms with Crippen molar-refractivity contribution in [2.24, 2.45) is 0 Å². The number of rotatable bonds is 5. The highest BCUT2D eigenvalue weighted by atomic mass is 35.5. The van der Waals surface area contributed by atoms with Gasteiger partial charge in [-0.25, -0.2) is 0 Å². The third-order valence-corrected chi connectivity index (χ3v) is 5.13. The smallest absolute Gasteiger partial charge is 0.173 e. The van der Waals surface area contributed by atoms with Crippen LogP contribution in [0.4, 0.5) is 5.69 Å². The number of benzene rings is 2. The SMILES string of the molecule is S=C(Nc1ccc(Cl)cc1)N(Cc1ccccc1Cl)CC1CCCO1. The van der Waals surface area contributed by atoms with Gasteiger partial charge in [-0.2, -0.15) is 0 Å². The number of anilines is 1. The van der Waals surface area contributed by atoms with Crippen LogP contribution in [0, 0.1) is 0 Å². The van der Waals surface area contributed by atoms with Gasteiger partial charge in [-0.15, -0.1) is 0 Å². The van der Waals surface area contributed by atoms with Crippen molar-refractivity contribution in [2.75, 3.05) is 18.5 Å². The summed E-state index contributed by atoms with van der Waals surface area (Å²) in [4.78, 5) is 2.11. The maximum Gasteiger partial charge on any atom is 0.173 e. The largest absolute Gasteiger partial charge is 0.376 e. The van der Waals surface area contributed by atoms with E-state index in [4.69, 9.17) is 40.2 Å². The van der Waals surface area contributed by atoms with E-state index in [0.717, 1.165) is 42.3 Å². The molecular formula is C19H20Cl2N2OS. The molecule has 3 rings (SSSR count). The molecule has 0 saturated carbocycles. The lowest BCUT2D eigenvalue weighted by molar-refractivity contribution is 0.0905. The molecule has 1 saturated heterocycles. The Morgan fingerprint density at radius 3 is 2.60 bits per heavy atom. The third kappa shape index (κ3) is 5.32. The van der Waals surface area contributed by atoms with Crippen LogP contribution in [0.25, 0.3) is 0 Å². The minimum atomic E-state index is 0.201. The molecule has 1 fully saturated rings. The fourth-order valence-electron chi connectivity index (χ4n) is 2.82. The molecular weight excluding hydrogens is 375 g/mol. The molecule has 25 heavy (non-hydrogen) atoms. The molecule has 6 heteroatoms. The highest BCUT2D eigenvalue weighted by Gasteiger charge is 2.21. The maximum atomic E-state index is 6.33. The van der Waals surface area contributed by atoms with Crippen molar-refractivity contribution in [2.45, 2.75) is 25.5 Å². The van der Waals surface area contributed by atoms with Crippen molar-refractivity contribution >= 4 is 46.2 Å². The van der Waals surface area contributed by atoms with Crippen molar-refractivity contribution < 1.29 is 4.74 Å². The maximum absolute atomic E-state index is 6.33. The lowest BCUT2D eigenvalue weighted by Gasteiger charge is -2.28. The summed E-state index contributed by atoms with van der Waals surface area (Å²) in [5.41, 5.74) is 1.95. The van der Waals surface area contributed by atoms with Crippen LogP contribution in [0.15, 0.2) is 48.5 Å². The molecule has 1 heterocycles. The van der Waals surface area contributed by atoms with Crippen LogP contribution in [0.3, 0.4) is 0 Å². The molecule has 0 spiro atoms. The van der Waals surface area contributed by atoms with Gasteiger partial charge in [-0.05, 0) is 61.0 Å². The summed E-state index contributed by atoms with van der Waals surface area (Å²) in [5, 5.41) is 5.38. The lowest BCUT2D eigenvalue weighted by atomic mass is 10.2. The Balaban J connectivity index is 1.73. The minimum absolute atomic E-state index is 0.201. The van der Waals surface area contributed by atoms with Gasteiger partial charge in [0.15, 0.2) is 5.11 Å². The van der Waals surface area contributed by atoms with Gasteiger partial charge in [0.05, 0.1) is 6.10 Å². The predicted molar refractivity (Wildman–Crippen MR) is 109 cm³/mol. The van der Waals surface area contributed by atoms with E-state index in [1.807, 2.05) is 48.5 Å². The number of hydrogen-bond acceptors (Lipinski definition) is 2. The average Bonchev–Trinajstić information content (AvgIpc) is 3.11. The summed E-state index contributed by atoms with van der Waals surface area (Å²) in [6, 6.07) is 15.3. The van der Waals surface area contributed by atoms with E-state index in [1.165, 1.54) is 0 Å². The van der Waals surface area contributed by atoms with E-state index in [9.17, 15) is 0 Å². The average molecular weight is 395 g/mol. The van der Waals surface area contributed by atoms with Gasteiger partial charge in [0.1, 0.15) is 0 Å². The number of thiocarbonyl (C=S) groups is 1. The molecule has 1 N–H and O–H groups in total. The Morgan fingerprint density at radius 1 is 1.16 bits per heavy atom. The Hall–Kier alpha value is -1.33. The summed E-state index contributed by atoms with van der Waals surface area (Å²) in [7, 11) is 0. The monoisotopic (exact) mass is 394 g/mol. The summed E-state index contributed by atoms with van der Waals surface area (Å²) in [6.45, 7) is 2.20. The van der Waals surface area contributed by atoms with Gasteiger partial charge in [0.25, 0.3) is 0 Å². The topological polar surface area (TPSA) is 24.5 Å².